The summed E-state index contributed by atoms with van der Waals surface area (Å²) in [5.74, 6) is 0. The van der Waals surface area contributed by atoms with Crippen molar-refractivity contribution in [2.24, 2.45) is 0 Å². The van der Waals surface area contributed by atoms with Crippen LogP contribution in [-0.4, -0.2) is 3.96 Å². The molecule has 2 nitrogen and oxygen atoms in total. The van der Waals surface area contributed by atoms with Gasteiger partial charge in [-0.25, -0.2) is 3.96 Å². The van der Waals surface area contributed by atoms with Gasteiger partial charge in [-0.2, -0.15) is 0 Å². The number of halogens is 1. The third-order valence-corrected chi connectivity index (χ3v) is 3.30. The summed E-state index contributed by atoms with van der Waals surface area (Å²) < 4.78 is 1.61. The van der Waals surface area contributed by atoms with Gasteiger partial charge in [0, 0.05) is 11.4 Å². The van der Waals surface area contributed by atoms with Crippen molar-refractivity contribution >= 4 is 23.1 Å². The van der Waals surface area contributed by atoms with E-state index >= 15 is 0 Å². The van der Waals surface area contributed by atoms with Gasteiger partial charge in [-0.1, -0.05) is 29.2 Å². The molecule has 0 radical (unpaired) electrons. The van der Waals surface area contributed by atoms with E-state index in [1.165, 1.54) is 11.5 Å². The lowest BCUT2D eigenvalue weighted by molar-refractivity contribution is 1.10. The fraction of sp³-hybridized carbons (Fsp3) is 0.182. The second-order valence-electron chi connectivity index (χ2n) is 3.45. The summed E-state index contributed by atoms with van der Waals surface area (Å²) in [6.07, 6.45) is 0. The Hall–Kier alpha value is -1.06. The van der Waals surface area contributed by atoms with E-state index in [9.17, 15) is 4.79 Å². The molecule has 0 spiro atoms. The Balaban J connectivity index is 2.74. The summed E-state index contributed by atoms with van der Waals surface area (Å²) in [5.41, 5.74) is 2.88. The van der Waals surface area contributed by atoms with Crippen LogP contribution in [0.2, 0.25) is 5.02 Å². The Kier molecular flexibility index (Phi) is 2.67. The van der Waals surface area contributed by atoms with Gasteiger partial charge in [-0.15, -0.1) is 0 Å². The molecule has 0 aliphatic heterocycles. The average Bonchev–Trinajstić information content (AvgIpc) is 2.50. The number of benzene rings is 1. The molecule has 0 unspecified atom stereocenters. The van der Waals surface area contributed by atoms with E-state index in [4.69, 9.17) is 11.6 Å². The molecular formula is C11H10ClNOS. The van der Waals surface area contributed by atoms with Gasteiger partial charge in [0.15, 0.2) is 0 Å². The minimum atomic E-state index is -0.0335. The molecule has 0 atom stereocenters. The average molecular weight is 240 g/mol. The van der Waals surface area contributed by atoms with Gasteiger partial charge in [0.25, 0.3) is 5.56 Å². The SMILES string of the molecule is Cc1cc(C)c(-n2sccc2=O)c(Cl)c1. The van der Waals surface area contributed by atoms with E-state index in [-0.39, 0.29) is 5.56 Å². The summed E-state index contributed by atoms with van der Waals surface area (Å²) >= 11 is 7.50. The van der Waals surface area contributed by atoms with Crippen molar-refractivity contribution < 1.29 is 0 Å². The Labute approximate surface area is 96.9 Å². The second-order valence-corrected chi connectivity index (χ2v) is 4.71. The molecule has 2 aromatic rings. The van der Waals surface area contributed by atoms with E-state index in [2.05, 4.69) is 0 Å². The van der Waals surface area contributed by atoms with Crippen LogP contribution in [0.3, 0.4) is 0 Å². The van der Waals surface area contributed by atoms with Gasteiger partial charge in [-0.3, -0.25) is 4.79 Å². The number of aromatic nitrogens is 1. The van der Waals surface area contributed by atoms with Crippen molar-refractivity contribution in [1.29, 1.82) is 0 Å². The first-order valence-electron chi connectivity index (χ1n) is 4.54. The third kappa shape index (κ3) is 1.85. The first kappa shape index (κ1) is 10.5. The highest BCUT2D eigenvalue weighted by molar-refractivity contribution is 7.04. The van der Waals surface area contributed by atoms with Gasteiger partial charge in [-0.05, 0) is 31.0 Å². The number of rotatable bonds is 1. The lowest BCUT2D eigenvalue weighted by atomic mass is 10.1. The highest BCUT2D eigenvalue weighted by Gasteiger charge is 2.09. The van der Waals surface area contributed by atoms with Crippen molar-refractivity contribution in [3.05, 3.63) is 50.1 Å². The normalized spacial score (nSPS) is 10.6. The lowest BCUT2D eigenvalue weighted by Gasteiger charge is -2.08. The fourth-order valence-corrected chi connectivity index (χ4v) is 2.86. The smallest absolute Gasteiger partial charge is 0.265 e. The molecule has 1 aromatic carbocycles. The molecule has 0 N–H and O–H groups in total. The zero-order valence-corrected chi connectivity index (χ0v) is 10.0. The van der Waals surface area contributed by atoms with Crippen LogP contribution in [0.1, 0.15) is 11.1 Å². The first-order valence-corrected chi connectivity index (χ1v) is 5.75. The molecule has 0 aliphatic carbocycles. The summed E-state index contributed by atoms with van der Waals surface area (Å²) in [5, 5.41) is 2.38. The summed E-state index contributed by atoms with van der Waals surface area (Å²) in [4.78, 5) is 11.5. The standard InChI is InChI=1S/C11H10ClNOS/c1-7-5-8(2)11(9(12)6-7)13-10(14)3-4-15-13/h3-6H,1-2H3. The quantitative estimate of drug-likeness (QED) is 0.749. The third-order valence-electron chi connectivity index (χ3n) is 2.18. The highest BCUT2D eigenvalue weighted by atomic mass is 35.5. The molecule has 0 saturated carbocycles. The Morgan fingerprint density at radius 1 is 1.33 bits per heavy atom. The van der Waals surface area contributed by atoms with Crippen molar-refractivity contribution in [2.45, 2.75) is 13.8 Å². The van der Waals surface area contributed by atoms with E-state index < -0.39 is 0 Å². The van der Waals surface area contributed by atoms with Crippen molar-refractivity contribution in [3.63, 3.8) is 0 Å². The molecule has 4 heteroatoms. The maximum Gasteiger partial charge on any atom is 0.265 e. The monoisotopic (exact) mass is 239 g/mol. The highest BCUT2D eigenvalue weighted by Crippen LogP contribution is 2.25. The van der Waals surface area contributed by atoms with E-state index in [0.29, 0.717) is 5.02 Å². The fourth-order valence-electron chi connectivity index (χ4n) is 1.60. The second kappa shape index (κ2) is 3.83. The van der Waals surface area contributed by atoms with Crippen molar-refractivity contribution in [1.82, 2.24) is 3.96 Å². The Bertz CT molecular complexity index is 533. The molecule has 0 bridgehead atoms. The van der Waals surface area contributed by atoms with Crippen LogP contribution in [-0.2, 0) is 0 Å². The number of nitrogens with zero attached hydrogens (tertiary/aromatic N) is 1. The topological polar surface area (TPSA) is 22.0 Å². The molecule has 2 rings (SSSR count). The van der Waals surface area contributed by atoms with Crippen LogP contribution < -0.4 is 5.56 Å². The van der Waals surface area contributed by atoms with Gasteiger partial charge in [0.05, 0.1) is 10.7 Å². The molecular weight excluding hydrogens is 230 g/mol. The molecule has 0 saturated heterocycles. The van der Waals surface area contributed by atoms with Crippen LogP contribution in [0.25, 0.3) is 5.69 Å². The van der Waals surface area contributed by atoms with Crippen molar-refractivity contribution in [2.75, 3.05) is 0 Å². The molecule has 15 heavy (non-hydrogen) atoms. The predicted octanol–water partition coefficient (Wildman–Crippen LogP) is 3.17. The summed E-state index contributed by atoms with van der Waals surface area (Å²) in [6.45, 7) is 3.94. The maximum atomic E-state index is 11.5. The van der Waals surface area contributed by atoms with Gasteiger partial charge in [0.1, 0.15) is 0 Å². The molecule has 1 aromatic heterocycles. The van der Waals surface area contributed by atoms with E-state index in [1.54, 1.807) is 15.4 Å². The van der Waals surface area contributed by atoms with Gasteiger partial charge < -0.3 is 0 Å². The minimum absolute atomic E-state index is 0.0335. The van der Waals surface area contributed by atoms with Crippen molar-refractivity contribution in [3.8, 4) is 5.69 Å². The Morgan fingerprint density at radius 2 is 2.07 bits per heavy atom. The summed E-state index contributed by atoms with van der Waals surface area (Å²) in [6, 6.07) is 5.43. The Morgan fingerprint density at radius 3 is 2.60 bits per heavy atom. The van der Waals surface area contributed by atoms with Gasteiger partial charge in [0.2, 0.25) is 0 Å². The first-order chi connectivity index (χ1) is 7.09. The van der Waals surface area contributed by atoms with Crippen LogP contribution in [0, 0.1) is 13.8 Å². The predicted molar refractivity (Wildman–Crippen MR) is 64.4 cm³/mol. The zero-order chi connectivity index (χ0) is 11.0. The van der Waals surface area contributed by atoms with E-state index in [0.717, 1.165) is 16.8 Å². The maximum absolute atomic E-state index is 11.5. The van der Waals surface area contributed by atoms with Crippen LogP contribution in [0.15, 0.2) is 28.4 Å². The molecule has 0 amide bonds. The van der Waals surface area contributed by atoms with Gasteiger partial charge >= 0.3 is 0 Å². The summed E-state index contributed by atoms with van der Waals surface area (Å²) in [7, 11) is 0. The number of aryl methyl sites for hydroxylation is 2. The molecule has 1 heterocycles. The van der Waals surface area contributed by atoms with E-state index in [1.807, 2.05) is 26.0 Å². The van der Waals surface area contributed by atoms with Crippen LogP contribution >= 0.6 is 23.1 Å². The van der Waals surface area contributed by atoms with Crippen LogP contribution in [0.5, 0.6) is 0 Å². The molecule has 0 fully saturated rings. The zero-order valence-electron chi connectivity index (χ0n) is 8.45. The molecule has 0 aliphatic rings. The molecule has 78 valence electrons. The number of hydrogen-bond donors (Lipinski definition) is 0. The minimum Gasteiger partial charge on any atom is -0.268 e. The largest absolute Gasteiger partial charge is 0.268 e. The van der Waals surface area contributed by atoms with Crippen LogP contribution in [0.4, 0.5) is 0 Å². The lowest BCUT2D eigenvalue weighted by Crippen LogP contribution is -2.11. The number of hydrogen-bond acceptors (Lipinski definition) is 2.